The van der Waals surface area contributed by atoms with Crippen LogP contribution in [0.15, 0.2) is 12.3 Å². The first kappa shape index (κ1) is 42.6. The molecule has 0 spiro atoms. The second-order valence-electron chi connectivity index (χ2n) is 15.5. The van der Waals surface area contributed by atoms with Gasteiger partial charge in [-0.2, -0.15) is 0 Å². The average molecular weight is 676 g/mol. The third kappa shape index (κ3) is 24.6. The fourth-order valence-electron chi connectivity index (χ4n) is 7.62. The van der Waals surface area contributed by atoms with Crippen LogP contribution < -0.4 is 0 Å². The van der Waals surface area contributed by atoms with Gasteiger partial charge in [-0.1, -0.05) is 122 Å². The maximum atomic E-state index is 12.0. The van der Waals surface area contributed by atoms with E-state index in [1.807, 2.05) is 0 Å². The highest BCUT2D eigenvalue weighted by molar-refractivity contribution is 5.69. The van der Waals surface area contributed by atoms with Crippen molar-refractivity contribution in [3.63, 3.8) is 0 Å². The van der Waals surface area contributed by atoms with Crippen molar-refractivity contribution in [3.05, 3.63) is 12.3 Å². The monoisotopic (exact) mass is 676 g/mol. The minimum absolute atomic E-state index is 0.00904. The highest BCUT2D eigenvalue weighted by atomic mass is 16.5. The number of nitrogens with zero attached hydrogens (tertiary/aromatic N) is 1. The largest absolute Gasteiger partial charge is 0.495 e. The Hall–Kier alpha value is -1.56. The van der Waals surface area contributed by atoms with E-state index in [-0.39, 0.29) is 11.9 Å². The molecule has 0 amide bonds. The third-order valence-corrected chi connectivity index (χ3v) is 10.7. The molecule has 0 unspecified atom stereocenters. The highest BCUT2D eigenvalue weighted by Crippen LogP contribution is 2.29. The molecular formula is C42H77NO5. The van der Waals surface area contributed by atoms with Crippen molar-refractivity contribution in [2.75, 3.05) is 33.9 Å². The summed E-state index contributed by atoms with van der Waals surface area (Å²) < 4.78 is 17.3. The summed E-state index contributed by atoms with van der Waals surface area (Å²) in [6.45, 7) is 6.51. The van der Waals surface area contributed by atoms with Crippen LogP contribution in [0, 0.1) is 11.8 Å². The van der Waals surface area contributed by atoms with Gasteiger partial charge in [0.05, 0.1) is 25.1 Å². The Kier molecular flexibility index (Phi) is 25.9. The van der Waals surface area contributed by atoms with Crippen LogP contribution in [0.3, 0.4) is 0 Å². The number of unbranched alkanes of at least 4 members (excludes halogenated alkanes) is 12. The van der Waals surface area contributed by atoms with Crippen molar-refractivity contribution in [3.8, 4) is 0 Å². The molecule has 48 heavy (non-hydrogen) atoms. The quantitative estimate of drug-likeness (QED) is 0.0402. The van der Waals surface area contributed by atoms with Crippen molar-refractivity contribution < 1.29 is 23.8 Å². The first-order valence-electron chi connectivity index (χ1n) is 20.7. The van der Waals surface area contributed by atoms with Crippen LogP contribution in [0.2, 0.25) is 0 Å². The minimum atomic E-state index is 0.00904. The van der Waals surface area contributed by atoms with Gasteiger partial charge in [0.15, 0.2) is 0 Å². The molecule has 0 aliphatic heterocycles. The van der Waals surface area contributed by atoms with E-state index in [0.717, 1.165) is 88.3 Å². The molecule has 0 aromatic carbocycles. The summed E-state index contributed by atoms with van der Waals surface area (Å²) in [5.41, 5.74) is 0. The zero-order valence-electron chi connectivity index (χ0n) is 31.8. The van der Waals surface area contributed by atoms with Gasteiger partial charge in [-0.25, -0.2) is 0 Å². The summed E-state index contributed by atoms with van der Waals surface area (Å²) in [7, 11) is 4.24. The van der Waals surface area contributed by atoms with E-state index in [1.165, 1.54) is 116 Å². The molecule has 0 bridgehead atoms. The van der Waals surface area contributed by atoms with E-state index < -0.39 is 0 Å². The molecule has 2 rings (SSSR count). The molecule has 0 heterocycles. The van der Waals surface area contributed by atoms with Crippen LogP contribution in [0.1, 0.15) is 193 Å². The summed E-state index contributed by atoms with van der Waals surface area (Å²) in [4.78, 5) is 26.2. The maximum absolute atomic E-state index is 12.0. The summed E-state index contributed by atoms with van der Waals surface area (Å²) in [5.74, 6) is 2.50. The van der Waals surface area contributed by atoms with E-state index in [0.29, 0.717) is 32.2 Å². The second kappa shape index (κ2) is 29.2. The standard InChI is InChI=1S/C42H77NO5/c1-37(23-22-34-43(2)3)48-40(28-14-10-6-4-8-12-20-35-46-41(44)32-30-38-24-16-17-25-38)29-15-11-7-5-9-13-21-36-47-42(45)33-31-39-26-18-19-27-39/h38-40H,1,4-36H2,2-3H3. The molecule has 0 aromatic heterocycles. The van der Waals surface area contributed by atoms with Gasteiger partial charge in [-0.15, -0.1) is 0 Å². The van der Waals surface area contributed by atoms with Crippen molar-refractivity contribution in [1.29, 1.82) is 0 Å². The fourth-order valence-corrected chi connectivity index (χ4v) is 7.62. The van der Waals surface area contributed by atoms with Crippen molar-refractivity contribution in [2.45, 2.75) is 199 Å². The third-order valence-electron chi connectivity index (χ3n) is 10.7. The molecule has 2 fully saturated rings. The van der Waals surface area contributed by atoms with Crippen molar-refractivity contribution in [1.82, 2.24) is 4.90 Å². The molecule has 0 aromatic rings. The molecule has 0 atom stereocenters. The lowest BCUT2D eigenvalue weighted by Gasteiger charge is -2.21. The lowest BCUT2D eigenvalue weighted by atomic mass is 10.0. The molecule has 280 valence electrons. The predicted molar refractivity (Wildman–Crippen MR) is 200 cm³/mol. The fraction of sp³-hybridized carbons (Fsp3) is 0.905. The smallest absolute Gasteiger partial charge is 0.305 e. The second-order valence-corrected chi connectivity index (χ2v) is 15.5. The van der Waals surface area contributed by atoms with E-state index in [4.69, 9.17) is 14.2 Å². The minimum Gasteiger partial charge on any atom is -0.495 e. The van der Waals surface area contributed by atoms with Gasteiger partial charge in [-0.3, -0.25) is 9.59 Å². The molecule has 0 radical (unpaired) electrons. The lowest BCUT2D eigenvalue weighted by molar-refractivity contribution is -0.145. The Labute approximate surface area is 296 Å². The Morgan fingerprint density at radius 1 is 0.583 bits per heavy atom. The van der Waals surface area contributed by atoms with Gasteiger partial charge in [0.1, 0.15) is 0 Å². The van der Waals surface area contributed by atoms with E-state index in [9.17, 15) is 9.59 Å². The zero-order chi connectivity index (χ0) is 34.5. The summed E-state index contributed by atoms with van der Waals surface area (Å²) >= 11 is 0. The Morgan fingerprint density at radius 3 is 1.40 bits per heavy atom. The lowest BCUT2D eigenvalue weighted by Crippen LogP contribution is -2.15. The van der Waals surface area contributed by atoms with Gasteiger partial charge in [0.2, 0.25) is 0 Å². The molecule has 0 N–H and O–H groups in total. The number of carbonyl (C=O) groups excluding carboxylic acids is 2. The first-order chi connectivity index (χ1) is 23.4. The highest BCUT2D eigenvalue weighted by Gasteiger charge is 2.18. The topological polar surface area (TPSA) is 65.1 Å². The first-order valence-corrected chi connectivity index (χ1v) is 20.7. The van der Waals surface area contributed by atoms with Crippen LogP contribution >= 0.6 is 0 Å². The van der Waals surface area contributed by atoms with E-state index >= 15 is 0 Å². The number of rotatable bonds is 32. The molecule has 0 saturated heterocycles. The van der Waals surface area contributed by atoms with Gasteiger partial charge in [0, 0.05) is 19.3 Å². The Morgan fingerprint density at radius 2 is 0.979 bits per heavy atom. The SMILES string of the molecule is C=C(CCCN(C)C)OC(CCCCCCCCCOC(=O)CCC1CCCC1)CCCCCCCCCOC(=O)CCC1CCCC1. The van der Waals surface area contributed by atoms with E-state index in [2.05, 4.69) is 25.6 Å². The average Bonchev–Trinajstić information content (AvgIpc) is 3.79. The van der Waals surface area contributed by atoms with Crippen molar-refractivity contribution in [2.24, 2.45) is 11.8 Å². The molecule has 2 aliphatic carbocycles. The zero-order valence-corrected chi connectivity index (χ0v) is 31.8. The number of hydrogen-bond donors (Lipinski definition) is 0. The predicted octanol–water partition coefficient (Wildman–Crippen LogP) is 11.5. The Balaban J connectivity index is 1.45. The number of carbonyl (C=O) groups is 2. The summed E-state index contributed by atoms with van der Waals surface area (Å²) in [5, 5.41) is 0. The number of esters is 2. The molecule has 6 nitrogen and oxygen atoms in total. The van der Waals surface area contributed by atoms with Crippen LogP contribution in [-0.2, 0) is 23.8 Å². The van der Waals surface area contributed by atoms with Gasteiger partial charge in [0.25, 0.3) is 0 Å². The normalized spacial score (nSPS) is 15.5. The molecular weight excluding hydrogens is 598 g/mol. The van der Waals surface area contributed by atoms with Crippen LogP contribution in [0.25, 0.3) is 0 Å². The molecule has 2 saturated carbocycles. The van der Waals surface area contributed by atoms with Crippen molar-refractivity contribution >= 4 is 11.9 Å². The van der Waals surface area contributed by atoms with Gasteiger partial charge >= 0.3 is 11.9 Å². The van der Waals surface area contributed by atoms with Crippen LogP contribution in [0.5, 0.6) is 0 Å². The van der Waals surface area contributed by atoms with Gasteiger partial charge < -0.3 is 19.1 Å². The summed E-state index contributed by atoms with van der Waals surface area (Å²) in [6.07, 6.45) is 35.2. The number of ether oxygens (including phenoxy) is 3. The van der Waals surface area contributed by atoms with Gasteiger partial charge in [-0.05, 0) is 90.3 Å². The van der Waals surface area contributed by atoms with E-state index in [1.54, 1.807) is 0 Å². The summed E-state index contributed by atoms with van der Waals surface area (Å²) in [6, 6.07) is 0. The maximum Gasteiger partial charge on any atom is 0.305 e. The van der Waals surface area contributed by atoms with Crippen LogP contribution in [-0.4, -0.2) is 56.8 Å². The number of allylic oxidation sites excluding steroid dienone is 1. The molecule has 2 aliphatic rings. The molecule has 6 heteroatoms. The van der Waals surface area contributed by atoms with Crippen LogP contribution in [0.4, 0.5) is 0 Å². The Bertz CT molecular complexity index is 750. The number of hydrogen-bond acceptors (Lipinski definition) is 6.